The van der Waals surface area contributed by atoms with Crippen molar-refractivity contribution in [2.24, 2.45) is 11.7 Å². The van der Waals surface area contributed by atoms with Gasteiger partial charge < -0.3 is 21.7 Å². The van der Waals surface area contributed by atoms with Crippen LogP contribution >= 0.6 is 0 Å². The highest BCUT2D eigenvalue weighted by molar-refractivity contribution is 5.94. The zero-order valence-corrected chi connectivity index (χ0v) is 12.1. The van der Waals surface area contributed by atoms with Crippen LogP contribution in [0.4, 0.5) is 11.4 Å². The van der Waals surface area contributed by atoms with Crippen LogP contribution in [0.1, 0.15) is 30.1 Å². The van der Waals surface area contributed by atoms with Gasteiger partial charge in [-0.3, -0.25) is 4.79 Å². The Labute approximate surface area is 120 Å². The number of nitrogens with zero attached hydrogens (tertiary/aromatic N) is 1. The first-order valence-corrected chi connectivity index (χ1v) is 7.22. The molecule has 110 valence electrons. The summed E-state index contributed by atoms with van der Waals surface area (Å²) in [4.78, 5) is 13.6. The van der Waals surface area contributed by atoms with E-state index < -0.39 is 5.91 Å². The SMILES string of the molecule is CC1CCN(CCNc2cc(C(N)=O)ccc2N)CC1. The molecule has 0 bridgehead atoms. The molecule has 1 heterocycles. The molecule has 0 unspecified atom stereocenters. The molecule has 1 aliphatic heterocycles. The topological polar surface area (TPSA) is 84.4 Å². The fraction of sp³-hybridized carbons (Fsp3) is 0.533. The van der Waals surface area contributed by atoms with E-state index in [2.05, 4.69) is 17.1 Å². The molecule has 2 rings (SSSR count). The number of amides is 1. The number of carbonyl (C=O) groups excluding carboxylic acids is 1. The van der Waals surface area contributed by atoms with E-state index in [1.165, 1.54) is 25.9 Å². The third-order valence-corrected chi connectivity index (χ3v) is 3.96. The van der Waals surface area contributed by atoms with Crippen LogP contribution in [0.15, 0.2) is 18.2 Å². The minimum Gasteiger partial charge on any atom is -0.397 e. The van der Waals surface area contributed by atoms with Crippen LogP contribution in [-0.4, -0.2) is 37.0 Å². The number of nitrogens with two attached hydrogens (primary N) is 2. The minimum atomic E-state index is -0.432. The highest BCUT2D eigenvalue weighted by Crippen LogP contribution is 2.20. The molecule has 0 aromatic heterocycles. The summed E-state index contributed by atoms with van der Waals surface area (Å²) in [6.07, 6.45) is 2.55. The maximum atomic E-state index is 11.2. The molecule has 20 heavy (non-hydrogen) atoms. The van der Waals surface area contributed by atoms with E-state index in [1.54, 1.807) is 18.2 Å². The Morgan fingerprint density at radius 1 is 1.40 bits per heavy atom. The molecule has 0 aliphatic carbocycles. The molecule has 0 spiro atoms. The number of rotatable bonds is 5. The van der Waals surface area contributed by atoms with Crippen LogP contribution in [-0.2, 0) is 0 Å². The molecular formula is C15H24N4O. The fourth-order valence-electron chi connectivity index (χ4n) is 2.50. The van der Waals surface area contributed by atoms with Crippen LogP contribution in [0.2, 0.25) is 0 Å². The molecular weight excluding hydrogens is 252 g/mol. The Morgan fingerprint density at radius 3 is 2.75 bits per heavy atom. The van der Waals surface area contributed by atoms with E-state index in [1.807, 2.05) is 0 Å². The van der Waals surface area contributed by atoms with E-state index in [0.717, 1.165) is 24.7 Å². The van der Waals surface area contributed by atoms with E-state index in [4.69, 9.17) is 11.5 Å². The second kappa shape index (κ2) is 6.61. The lowest BCUT2D eigenvalue weighted by Crippen LogP contribution is -2.36. The lowest BCUT2D eigenvalue weighted by atomic mass is 9.99. The van der Waals surface area contributed by atoms with Gasteiger partial charge in [0.2, 0.25) is 5.91 Å². The van der Waals surface area contributed by atoms with Gasteiger partial charge in [0.25, 0.3) is 0 Å². The average molecular weight is 276 g/mol. The van der Waals surface area contributed by atoms with Gasteiger partial charge in [-0.2, -0.15) is 0 Å². The predicted molar refractivity (Wildman–Crippen MR) is 82.7 cm³/mol. The van der Waals surface area contributed by atoms with Crippen molar-refractivity contribution in [2.75, 3.05) is 37.2 Å². The summed E-state index contributed by atoms with van der Waals surface area (Å²) in [7, 11) is 0. The largest absolute Gasteiger partial charge is 0.397 e. The summed E-state index contributed by atoms with van der Waals surface area (Å²) >= 11 is 0. The lowest BCUT2D eigenvalue weighted by Gasteiger charge is -2.30. The molecule has 0 saturated carbocycles. The zero-order valence-electron chi connectivity index (χ0n) is 12.1. The van der Waals surface area contributed by atoms with Gasteiger partial charge in [0.15, 0.2) is 0 Å². The standard InChI is InChI=1S/C15H24N4O/c1-11-4-7-19(8-5-11)9-6-18-14-10-12(15(17)20)2-3-13(14)16/h2-3,10-11,18H,4-9,16H2,1H3,(H2,17,20). The van der Waals surface area contributed by atoms with Crippen molar-refractivity contribution in [1.82, 2.24) is 4.90 Å². The fourth-order valence-corrected chi connectivity index (χ4v) is 2.50. The second-order valence-corrected chi connectivity index (χ2v) is 5.62. The van der Waals surface area contributed by atoms with Crippen molar-refractivity contribution in [1.29, 1.82) is 0 Å². The van der Waals surface area contributed by atoms with Gasteiger partial charge in [-0.25, -0.2) is 0 Å². The van der Waals surface area contributed by atoms with Crippen LogP contribution < -0.4 is 16.8 Å². The van der Waals surface area contributed by atoms with E-state index in [0.29, 0.717) is 11.3 Å². The molecule has 5 heteroatoms. The molecule has 1 aromatic rings. The Morgan fingerprint density at radius 2 is 2.10 bits per heavy atom. The second-order valence-electron chi connectivity index (χ2n) is 5.62. The van der Waals surface area contributed by atoms with Gasteiger partial charge in [-0.1, -0.05) is 6.92 Å². The highest BCUT2D eigenvalue weighted by Gasteiger charge is 2.15. The molecule has 1 aromatic carbocycles. The number of likely N-dealkylation sites (tertiary alicyclic amines) is 1. The van der Waals surface area contributed by atoms with Gasteiger partial charge >= 0.3 is 0 Å². The van der Waals surface area contributed by atoms with Gasteiger partial charge in [0, 0.05) is 18.7 Å². The van der Waals surface area contributed by atoms with Gasteiger partial charge in [-0.05, 0) is 50.0 Å². The number of primary amides is 1. The summed E-state index contributed by atoms with van der Waals surface area (Å²) in [6, 6.07) is 5.08. The third-order valence-electron chi connectivity index (χ3n) is 3.96. The zero-order chi connectivity index (χ0) is 14.5. The van der Waals surface area contributed by atoms with Crippen molar-refractivity contribution < 1.29 is 4.79 Å². The first-order chi connectivity index (χ1) is 9.56. The summed E-state index contributed by atoms with van der Waals surface area (Å²) in [6.45, 7) is 6.46. The van der Waals surface area contributed by atoms with Crippen molar-refractivity contribution in [3.05, 3.63) is 23.8 Å². The van der Waals surface area contributed by atoms with Gasteiger partial charge in [0.05, 0.1) is 11.4 Å². The van der Waals surface area contributed by atoms with Gasteiger partial charge in [-0.15, -0.1) is 0 Å². The predicted octanol–water partition coefficient (Wildman–Crippen LogP) is 1.51. The average Bonchev–Trinajstić information content (AvgIpc) is 2.43. The molecule has 1 amide bonds. The van der Waals surface area contributed by atoms with Crippen LogP contribution in [0, 0.1) is 5.92 Å². The van der Waals surface area contributed by atoms with E-state index >= 15 is 0 Å². The summed E-state index contributed by atoms with van der Waals surface area (Å²) in [5, 5.41) is 3.29. The Kier molecular flexibility index (Phi) is 4.84. The Balaban J connectivity index is 1.84. The van der Waals surface area contributed by atoms with Crippen molar-refractivity contribution in [2.45, 2.75) is 19.8 Å². The molecule has 1 fully saturated rings. The highest BCUT2D eigenvalue weighted by atomic mass is 16.1. The third kappa shape index (κ3) is 3.87. The Hall–Kier alpha value is -1.75. The van der Waals surface area contributed by atoms with Crippen LogP contribution in [0.5, 0.6) is 0 Å². The molecule has 0 radical (unpaired) electrons. The number of nitrogen functional groups attached to an aromatic ring is 1. The van der Waals surface area contributed by atoms with Gasteiger partial charge in [0.1, 0.15) is 0 Å². The normalized spacial score (nSPS) is 17.1. The maximum Gasteiger partial charge on any atom is 0.248 e. The van der Waals surface area contributed by atoms with E-state index in [-0.39, 0.29) is 0 Å². The number of benzene rings is 1. The number of nitrogens with one attached hydrogen (secondary N) is 1. The van der Waals surface area contributed by atoms with E-state index in [9.17, 15) is 4.79 Å². The summed E-state index contributed by atoms with van der Waals surface area (Å²) in [5.74, 6) is 0.417. The van der Waals surface area contributed by atoms with Crippen molar-refractivity contribution in [3.63, 3.8) is 0 Å². The maximum absolute atomic E-state index is 11.2. The molecule has 5 nitrogen and oxygen atoms in total. The number of anilines is 2. The smallest absolute Gasteiger partial charge is 0.248 e. The summed E-state index contributed by atoms with van der Waals surface area (Å²) < 4.78 is 0. The molecule has 0 atom stereocenters. The number of carbonyl (C=O) groups is 1. The van der Waals surface area contributed by atoms with Crippen molar-refractivity contribution in [3.8, 4) is 0 Å². The lowest BCUT2D eigenvalue weighted by molar-refractivity contribution is 0.100. The molecule has 5 N–H and O–H groups in total. The number of hydrogen-bond acceptors (Lipinski definition) is 4. The summed E-state index contributed by atoms with van der Waals surface area (Å²) in [5.41, 5.74) is 13.1. The minimum absolute atomic E-state index is 0.432. The Bertz CT molecular complexity index is 467. The first-order valence-electron chi connectivity index (χ1n) is 7.22. The molecule has 1 aliphatic rings. The number of piperidine rings is 1. The quantitative estimate of drug-likeness (QED) is 0.712. The monoisotopic (exact) mass is 276 g/mol. The number of hydrogen-bond donors (Lipinski definition) is 3. The van der Waals surface area contributed by atoms with Crippen molar-refractivity contribution >= 4 is 17.3 Å². The first kappa shape index (κ1) is 14.7. The molecule has 1 saturated heterocycles. The van der Waals surface area contributed by atoms with Crippen LogP contribution in [0.3, 0.4) is 0 Å². The van der Waals surface area contributed by atoms with Crippen LogP contribution in [0.25, 0.3) is 0 Å².